The number of hydrogen-bond donors (Lipinski definition) is 1. The highest BCUT2D eigenvalue weighted by molar-refractivity contribution is 6.30. The minimum absolute atomic E-state index is 0.0875. The molecular formula is C17H17ClN2O2. The molecule has 0 bridgehead atoms. The second-order valence-corrected chi connectivity index (χ2v) is 5.40. The Bertz CT molecular complexity index is 679. The van der Waals surface area contributed by atoms with Crippen LogP contribution in [0.4, 0.5) is 0 Å². The molecule has 0 unspecified atom stereocenters. The minimum atomic E-state index is -0.322. The van der Waals surface area contributed by atoms with Crippen molar-refractivity contribution in [3.63, 3.8) is 0 Å². The van der Waals surface area contributed by atoms with Crippen LogP contribution in [0.2, 0.25) is 5.02 Å². The highest BCUT2D eigenvalue weighted by Crippen LogP contribution is 2.15. The summed E-state index contributed by atoms with van der Waals surface area (Å²) >= 11 is 5.86. The second-order valence-electron chi connectivity index (χ2n) is 4.96. The van der Waals surface area contributed by atoms with Crippen molar-refractivity contribution in [3.05, 3.63) is 64.2 Å². The molecule has 0 atom stereocenters. The Morgan fingerprint density at radius 2 is 1.95 bits per heavy atom. The maximum Gasteiger partial charge on any atom is 0.277 e. The van der Waals surface area contributed by atoms with Gasteiger partial charge in [0, 0.05) is 5.02 Å². The van der Waals surface area contributed by atoms with Gasteiger partial charge in [0.2, 0.25) is 0 Å². The Hall–Kier alpha value is -2.33. The summed E-state index contributed by atoms with van der Waals surface area (Å²) in [5.41, 5.74) is 5.40. The summed E-state index contributed by atoms with van der Waals surface area (Å²) in [5.74, 6) is 0.351. The molecule has 2 aromatic rings. The molecule has 0 aliphatic carbocycles. The lowest BCUT2D eigenvalue weighted by Crippen LogP contribution is -2.24. The normalized spacial score (nSPS) is 10.7. The number of amides is 1. The summed E-state index contributed by atoms with van der Waals surface area (Å²) in [6.07, 6.45) is 1.53. The van der Waals surface area contributed by atoms with E-state index in [0.717, 1.165) is 16.7 Å². The SMILES string of the molecule is Cc1cc(C)cc(OCC(=O)N/N=C\c2cccc(Cl)c2)c1. The monoisotopic (exact) mass is 316 g/mol. The van der Waals surface area contributed by atoms with Gasteiger partial charge in [0.05, 0.1) is 6.21 Å². The standard InChI is InChI=1S/C17H17ClN2O2/c1-12-6-13(2)8-16(7-12)22-11-17(21)20-19-10-14-4-3-5-15(18)9-14/h3-10H,11H2,1-2H3,(H,20,21)/b19-10-. The average Bonchev–Trinajstić information content (AvgIpc) is 2.44. The van der Waals surface area contributed by atoms with Gasteiger partial charge in [0.1, 0.15) is 5.75 Å². The molecule has 4 nitrogen and oxygen atoms in total. The molecule has 0 radical (unpaired) electrons. The fourth-order valence-electron chi connectivity index (χ4n) is 1.96. The Labute approximate surface area is 134 Å². The van der Waals surface area contributed by atoms with E-state index in [1.807, 2.05) is 44.2 Å². The Balaban J connectivity index is 1.83. The van der Waals surface area contributed by atoms with E-state index in [9.17, 15) is 4.79 Å². The van der Waals surface area contributed by atoms with Gasteiger partial charge in [-0.25, -0.2) is 5.43 Å². The first-order valence-electron chi connectivity index (χ1n) is 6.81. The lowest BCUT2D eigenvalue weighted by atomic mass is 10.1. The van der Waals surface area contributed by atoms with Crippen LogP contribution in [-0.4, -0.2) is 18.7 Å². The second kappa shape index (κ2) is 7.61. The third-order valence-electron chi connectivity index (χ3n) is 2.82. The molecule has 0 saturated heterocycles. The molecule has 22 heavy (non-hydrogen) atoms. The van der Waals surface area contributed by atoms with Crippen LogP contribution >= 0.6 is 11.6 Å². The predicted molar refractivity (Wildman–Crippen MR) is 88.6 cm³/mol. The van der Waals surface area contributed by atoms with Crippen LogP contribution in [-0.2, 0) is 4.79 Å². The van der Waals surface area contributed by atoms with Crippen LogP contribution in [0.1, 0.15) is 16.7 Å². The summed E-state index contributed by atoms with van der Waals surface area (Å²) in [5, 5.41) is 4.49. The average molecular weight is 317 g/mol. The Kier molecular flexibility index (Phi) is 5.55. The first kappa shape index (κ1) is 16.0. The molecule has 0 heterocycles. The van der Waals surface area contributed by atoms with E-state index in [1.165, 1.54) is 6.21 Å². The van der Waals surface area contributed by atoms with E-state index in [1.54, 1.807) is 12.1 Å². The van der Waals surface area contributed by atoms with Crippen LogP contribution < -0.4 is 10.2 Å². The lowest BCUT2D eigenvalue weighted by molar-refractivity contribution is -0.123. The van der Waals surface area contributed by atoms with Crippen LogP contribution in [0.5, 0.6) is 5.75 Å². The summed E-state index contributed by atoms with van der Waals surface area (Å²) in [7, 11) is 0. The molecule has 0 aliphatic heterocycles. The number of hydrazone groups is 1. The maximum absolute atomic E-state index is 11.7. The maximum atomic E-state index is 11.7. The molecular weight excluding hydrogens is 300 g/mol. The molecule has 2 rings (SSSR count). The summed E-state index contributed by atoms with van der Waals surface area (Å²) < 4.78 is 5.44. The number of nitrogens with zero attached hydrogens (tertiary/aromatic N) is 1. The number of hydrogen-bond acceptors (Lipinski definition) is 3. The molecule has 0 saturated carbocycles. The van der Waals surface area contributed by atoms with Crippen molar-refractivity contribution in [3.8, 4) is 5.75 Å². The highest BCUT2D eigenvalue weighted by Gasteiger charge is 2.02. The fourth-order valence-corrected chi connectivity index (χ4v) is 2.16. The van der Waals surface area contributed by atoms with Gasteiger partial charge in [0.25, 0.3) is 5.91 Å². The topological polar surface area (TPSA) is 50.7 Å². The third kappa shape index (κ3) is 5.22. The summed E-state index contributed by atoms with van der Waals surface area (Å²) in [6, 6.07) is 13.0. The van der Waals surface area contributed by atoms with Crippen molar-refractivity contribution in [2.45, 2.75) is 13.8 Å². The number of rotatable bonds is 5. The molecule has 114 valence electrons. The first-order chi connectivity index (χ1) is 10.5. The number of halogens is 1. The van der Waals surface area contributed by atoms with Gasteiger partial charge in [-0.1, -0.05) is 29.8 Å². The molecule has 0 aromatic heterocycles. The van der Waals surface area contributed by atoms with E-state index >= 15 is 0 Å². The zero-order chi connectivity index (χ0) is 15.9. The van der Waals surface area contributed by atoms with Crippen molar-refractivity contribution in [1.29, 1.82) is 0 Å². The number of ether oxygens (including phenoxy) is 1. The van der Waals surface area contributed by atoms with E-state index < -0.39 is 0 Å². The largest absolute Gasteiger partial charge is 0.484 e. The summed E-state index contributed by atoms with van der Waals surface area (Å²) in [6.45, 7) is 3.88. The number of carbonyl (C=O) groups is 1. The van der Waals surface area contributed by atoms with Crippen molar-refractivity contribution in [1.82, 2.24) is 5.43 Å². The third-order valence-corrected chi connectivity index (χ3v) is 3.05. The van der Waals surface area contributed by atoms with Gasteiger partial charge in [-0.15, -0.1) is 0 Å². The molecule has 2 aromatic carbocycles. The zero-order valence-electron chi connectivity index (χ0n) is 12.5. The molecule has 0 spiro atoms. The lowest BCUT2D eigenvalue weighted by Gasteiger charge is -2.07. The Morgan fingerprint density at radius 1 is 1.23 bits per heavy atom. The Morgan fingerprint density at radius 3 is 2.64 bits per heavy atom. The number of nitrogens with one attached hydrogen (secondary N) is 1. The van der Waals surface area contributed by atoms with E-state index in [2.05, 4.69) is 10.5 Å². The van der Waals surface area contributed by atoms with E-state index in [-0.39, 0.29) is 12.5 Å². The quantitative estimate of drug-likeness (QED) is 0.678. The first-order valence-corrected chi connectivity index (χ1v) is 7.19. The molecule has 1 amide bonds. The van der Waals surface area contributed by atoms with Crippen LogP contribution in [0.3, 0.4) is 0 Å². The molecule has 5 heteroatoms. The van der Waals surface area contributed by atoms with Gasteiger partial charge in [-0.2, -0.15) is 5.10 Å². The number of carbonyl (C=O) groups excluding carboxylic acids is 1. The van der Waals surface area contributed by atoms with Gasteiger partial charge >= 0.3 is 0 Å². The molecule has 0 aliphatic rings. The number of benzene rings is 2. The summed E-state index contributed by atoms with van der Waals surface area (Å²) in [4.78, 5) is 11.7. The zero-order valence-corrected chi connectivity index (χ0v) is 13.2. The smallest absolute Gasteiger partial charge is 0.277 e. The van der Waals surface area contributed by atoms with Gasteiger partial charge in [-0.05, 0) is 54.8 Å². The van der Waals surface area contributed by atoms with Gasteiger partial charge < -0.3 is 4.74 Å². The van der Waals surface area contributed by atoms with Crippen molar-refractivity contribution in [2.24, 2.45) is 5.10 Å². The van der Waals surface area contributed by atoms with Crippen molar-refractivity contribution >= 4 is 23.7 Å². The van der Waals surface area contributed by atoms with E-state index in [4.69, 9.17) is 16.3 Å². The van der Waals surface area contributed by atoms with Gasteiger partial charge in [0.15, 0.2) is 6.61 Å². The van der Waals surface area contributed by atoms with Crippen molar-refractivity contribution in [2.75, 3.05) is 6.61 Å². The van der Waals surface area contributed by atoms with Gasteiger partial charge in [-0.3, -0.25) is 4.79 Å². The predicted octanol–water partition coefficient (Wildman–Crippen LogP) is 3.49. The fraction of sp³-hybridized carbons (Fsp3) is 0.176. The van der Waals surface area contributed by atoms with Crippen LogP contribution in [0.25, 0.3) is 0 Å². The minimum Gasteiger partial charge on any atom is -0.484 e. The van der Waals surface area contributed by atoms with Crippen LogP contribution in [0.15, 0.2) is 47.6 Å². The van der Waals surface area contributed by atoms with E-state index in [0.29, 0.717) is 10.8 Å². The molecule has 0 fully saturated rings. The van der Waals surface area contributed by atoms with Crippen LogP contribution in [0, 0.1) is 13.8 Å². The number of aryl methyl sites for hydroxylation is 2. The van der Waals surface area contributed by atoms with Crippen molar-refractivity contribution < 1.29 is 9.53 Å². The highest BCUT2D eigenvalue weighted by atomic mass is 35.5. The molecule has 1 N–H and O–H groups in total.